The molecule has 3 aromatic carbocycles. The predicted octanol–water partition coefficient (Wildman–Crippen LogP) is 3.54. The van der Waals surface area contributed by atoms with Crippen LogP contribution in [0.3, 0.4) is 0 Å². The van der Waals surface area contributed by atoms with Gasteiger partial charge in [0, 0.05) is 18.3 Å². The van der Waals surface area contributed by atoms with Crippen molar-refractivity contribution in [3.05, 3.63) is 88.0 Å². The summed E-state index contributed by atoms with van der Waals surface area (Å²) in [7, 11) is 0. The molecule has 0 radical (unpaired) electrons. The lowest BCUT2D eigenvalue weighted by Crippen LogP contribution is -2.28. The van der Waals surface area contributed by atoms with E-state index in [0.29, 0.717) is 17.2 Å². The monoisotopic (exact) mass is 449 g/mol. The van der Waals surface area contributed by atoms with Crippen molar-refractivity contribution in [1.82, 2.24) is 5.32 Å². The topological polar surface area (TPSA) is 129 Å². The van der Waals surface area contributed by atoms with Gasteiger partial charge in [0.1, 0.15) is 5.69 Å². The van der Waals surface area contributed by atoms with Crippen molar-refractivity contribution in [1.29, 1.82) is 0 Å². The van der Waals surface area contributed by atoms with E-state index in [1.165, 1.54) is 12.1 Å². The standard InChI is InChI=1S/C23H19N3O7/c27-22(24-12-15-6-9-20-21(10-15)33-14-32-20)13-31-23(28)16-7-8-18(19(11-16)26(29)30)25-17-4-2-1-3-5-17/h1-11,25H,12-14H2,(H,24,27). The molecule has 3 aromatic rings. The van der Waals surface area contributed by atoms with Gasteiger partial charge >= 0.3 is 5.97 Å². The second-order valence-corrected chi connectivity index (χ2v) is 7.02. The van der Waals surface area contributed by atoms with Crippen LogP contribution in [0.25, 0.3) is 0 Å². The number of ether oxygens (including phenoxy) is 3. The van der Waals surface area contributed by atoms with E-state index in [4.69, 9.17) is 14.2 Å². The number of para-hydroxylation sites is 1. The number of anilines is 2. The Morgan fingerprint density at radius 1 is 1.00 bits per heavy atom. The summed E-state index contributed by atoms with van der Waals surface area (Å²) in [5, 5.41) is 17.1. The van der Waals surface area contributed by atoms with E-state index < -0.39 is 23.4 Å². The lowest BCUT2D eigenvalue weighted by Gasteiger charge is -2.09. The highest BCUT2D eigenvalue weighted by Crippen LogP contribution is 2.32. The van der Waals surface area contributed by atoms with E-state index in [1.807, 2.05) is 6.07 Å². The normalized spacial score (nSPS) is 11.5. The van der Waals surface area contributed by atoms with Gasteiger partial charge in [-0.25, -0.2) is 4.79 Å². The quantitative estimate of drug-likeness (QED) is 0.304. The summed E-state index contributed by atoms with van der Waals surface area (Å²) in [5.41, 5.74) is 1.35. The first-order chi connectivity index (χ1) is 16.0. The van der Waals surface area contributed by atoms with Crippen LogP contribution >= 0.6 is 0 Å². The summed E-state index contributed by atoms with van der Waals surface area (Å²) in [6, 6.07) is 18.1. The SMILES string of the molecule is O=C(COC(=O)c1ccc(Nc2ccccc2)c([N+](=O)[O-])c1)NCc1ccc2c(c1)OCO2. The van der Waals surface area contributed by atoms with Crippen molar-refractivity contribution in [3.63, 3.8) is 0 Å². The molecule has 168 valence electrons. The Kier molecular flexibility index (Phi) is 6.35. The highest BCUT2D eigenvalue weighted by molar-refractivity contribution is 5.93. The van der Waals surface area contributed by atoms with Crippen LogP contribution in [0, 0.1) is 10.1 Å². The Morgan fingerprint density at radius 2 is 1.79 bits per heavy atom. The maximum absolute atomic E-state index is 12.3. The molecule has 1 heterocycles. The molecule has 0 bridgehead atoms. The number of carbonyl (C=O) groups is 2. The van der Waals surface area contributed by atoms with Gasteiger partial charge in [0.2, 0.25) is 6.79 Å². The largest absolute Gasteiger partial charge is 0.454 e. The minimum atomic E-state index is -0.845. The molecule has 1 aliphatic heterocycles. The molecule has 2 N–H and O–H groups in total. The number of hydrogen-bond acceptors (Lipinski definition) is 8. The molecule has 33 heavy (non-hydrogen) atoms. The number of nitrogens with one attached hydrogen (secondary N) is 2. The minimum Gasteiger partial charge on any atom is -0.454 e. The zero-order chi connectivity index (χ0) is 23.2. The Balaban J connectivity index is 1.33. The van der Waals surface area contributed by atoms with Gasteiger partial charge in [0.25, 0.3) is 11.6 Å². The van der Waals surface area contributed by atoms with Gasteiger partial charge in [-0.15, -0.1) is 0 Å². The van der Waals surface area contributed by atoms with Gasteiger partial charge < -0.3 is 24.8 Å². The van der Waals surface area contributed by atoms with Crippen LogP contribution in [-0.2, 0) is 16.1 Å². The number of nitrogens with zero attached hydrogens (tertiary/aromatic N) is 1. The fourth-order valence-corrected chi connectivity index (χ4v) is 3.11. The number of hydrogen-bond donors (Lipinski definition) is 2. The first-order valence-corrected chi connectivity index (χ1v) is 9.92. The zero-order valence-electron chi connectivity index (χ0n) is 17.3. The smallest absolute Gasteiger partial charge is 0.338 e. The summed E-state index contributed by atoms with van der Waals surface area (Å²) in [6.07, 6.45) is 0. The number of nitro benzene ring substituents is 1. The molecule has 1 aliphatic rings. The second-order valence-electron chi connectivity index (χ2n) is 7.02. The third-order valence-corrected chi connectivity index (χ3v) is 4.74. The summed E-state index contributed by atoms with van der Waals surface area (Å²) >= 11 is 0. The number of esters is 1. The highest BCUT2D eigenvalue weighted by atomic mass is 16.7. The molecule has 0 unspecified atom stereocenters. The maximum Gasteiger partial charge on any atom is 0.338 e. The number of fused-ring (bicyclic) bond motifs is 1. The van der Waals surface area contributed by atoms with Crippen LogP contribution in [0.5, 0.6) is 11.5 Å². The van der Waals surface area contributed by atoms with Gasteiger partial charge in [0.05, 0.1) is 10.5 Å². The van der Waals surface area contributed by atoms with Crippen LogP contribution in [0.1, 0.15) is 15.9 Å². The summed E-state index contributed by atoms with van der Waals surface area (Å²) in [4.78, 5) is 35.3. The molecule has 10 heteroatoms. The van der Waals surface area contributed by atoms with E-state index in [2.05, 4.69) is 10.6 Å². The lowest BCUT2D eigenvalue weighted by molar-refractivity contribution is -0.383. The molecule has 1 amide bonds. The van der Waals surface area contributed by atoms with Crippen molar-refractivity contribution < 1.29 is 28.7 Å². The molecular weight excluding hydrogens is 430 g/mol. The Morgan fingerprint density at radius 3 is 2.58 bits per heavy atom. The summed E-state index contributed by atoms with van der Waals surface area (Å²) in [6.45, 7) is -0.165. The van der Waals surface area contributed by atoms with Crippen molar-refractivity contribution in [2.45, 2.75) is 6.54 Å². The lowest BCUT2D eigenvalue weighted by atomic mass is 10.1. The van der Waals surface area contributed by atoms with E-state index in [9.17, 15) is 19.7 Å². The Bertz CT molecular complexity index is 1200. The number of carbonyl (C=O) groups excluding carboxylic acids is 2. The van der Waals surface area contributed by atoms with Crippen LogP contribution in [0.4, 0.5) is 17.1 Å². The van der Waals surface area contributed by atoms with E-state index in [-0.39, 0.29) is 30.3 Å². The van der Waals surface area contributed by atoms with Crippen molar-refractivity contribution in [3.8, 4) is 11.5 Å². The Hall–Kier alpha value is -4.60. The fourth-order valence-electron chi connectivity index (χ4n) is 3.11. The molecule has 0 spiro atoms. The maximum atomic E-state index is 12.3. The zero-order valence-corrected chi connectivity index (χ0v) is 17.3. The van der Waals surface area contributed by atoms with Crippen LogP contribution in [-0.4, -0.2) is 30.2 Å². The molecule has 0 atom stereocenters. The molecule has 0 saturated carbocycles. The van der Waals surface area contributed by atoms with E-state index in [1.54, 1.807) is 42.5 Å². The molecule has 0 fully saturated rings. The van der Waals surface area contributed by atoms with Crippen molar-refractivity contribution in [2.24, 2.45) is 0 Å². The number of nitro groups is 1. The molecule has 0 aliphatic carbocycles. The minimum absolute atomic E-state index is 0.0381. The average molecular weight is 449 g/mol. The molecule has 0 saturated heterocycles. The number of rotatable bonds is 8. The summed E-state index contributed by atoms with van der Waals surface area (Å²) in [5.74, 6) is -0.126. The number of benzene rings is 3. The van der Waals surface area contributed by atoms with Crippen molar-refractivity contribution >= 4 is 28.9 Å². The van der Waals surface area contributed by atoms with Gasteiger partial charge in [-0.3, -0.25) is 14.9 Å². The van der Waals surface area contributed by atoms with Crippen LogP contribution in [0.2, 0.25) is 0 Å². The Labute approximate surface area is 188 Å². The molecule has 10 nitrogen and oxygen atoms in total. The van der Waals surface area contributed by atoms with Gasteiger partial charge in [-0.1, -0.05) is 24.3 Å². The first kappa shape index (κ1) is 21.6. The number of amides is 1. The highest BCUT2D eigenvalue weighted by Gasteiger charge is 2.19. The van der Waals surface area contributed by atoms with Gasteiger partial charge in [-0.05, 0) is 42.0 Å². The summed E-state index contributed by atoms with van der Waals surface area (Å²) < 4.78 is 15.5. The first-order valence-electron chi connectivity index (χ1n) is 9.92. The van der Waals surface area contributed by atoms with E-state index >= 15 is 0 Å². The van der Waals surface area contributed by atoms with Gasteiger partial charge in [0.15, 0.2) is 18.1 Å². The van der Waals surface area contributed by atoms with Crippen molar-refractivity contribution in [2.75, 3.05) is 18.7 Å². The molecular formula is C23H19N3O7. The van der Waals surface area contributed by atoms with E-state index in [0.717, 1.165) is 11.6 Å². The van der Waals surface area contributed by atoms with Crippen LogP contribution < -0.4 is 20.1 Å². The molecule has 0 aromatic heterocycles. The third kappa shape index (κ3) is 5.37. The third-order valence-electron chi connectivity index (χ3n) is 4.74. The molecule has 4 rings (SSSR count). The second kappa shape index (κ2) is 9.69. The predicted molar refractivity (Wildman–Crippen MR) is 118 cm³/mol. The fraction of sp³-hybridized carbons (Fsp3) is 0.130. The van der Waals surface area contributed by atoms with Crippen LogP contribution in [0.15, 0.2) is 66.7 Å². The van der Waals surface area contributed by atoms with Gasteiger partial charge in [-0.2, -0.15) is 0 Å². The average Bonchev–Trinajstić information content (AvgIpc) is 3.30.